The van der Waals surface area contributed by atoms with E-state index in [0.717, 1.165) is 0 Å². The van der Waals surface area contributed by atoms with Gasteiger partial charge in [0.15, 0.2) is 0 Å². The topological polar surface area (TPSA) is 92.7 Å². The maximum atomic E-state index is 10.5. The molecule has 0 radical (unpaired) electrons. The molecule has 0 aliphatic carbocycles. The van der Waals surface area contributed by atoms with Crippen molar-refractivity contribution < 1.29 is 38.3 Å². The Balaban J connectivity index is 3.42. The van der Waals surface area contributed by atoms with Crippen LogP contribution in [-0.2, 0) is 28.4 Å². The molecule has 0 aliphatic rings. The third kappa shape index (κ3) is 15.3. The van der Waals surface area contributed by atoms with Crippen molar-refractivity contribution in [3.8, 4) is 0 Å². The Hall–Kier alpha value is -0.930. The lowest BCUT2D eigenvalue weighted by atomic mass is 10.3. The molecule has 0 aromatic carbocycles. The van der Waals surface area contributed by atoms with E-state index in [0.29, 0.717) is 52.7 Å². The first-order chi connectivity index (χ1) is 10.2. The number of carboxylic acid groups (broad SMARTS) is 1. The second-order valence-corrected chi connectivity index (χ2v) is 4.08. The van der Waals surface area contributed by atoms with E-state index < -0.39 is 12.3 Å². The van der Waals surface area contributed by atoms with Crippen molar-refractivity contribution in [2.45, 2.75) is 12.5 Å². The first-order valence-electron chi connectivity index (χ1n) is 6.81. The molecule has 21 heavy (non-hydrogen) atoms. The van der Waals surface area contributed by atoms with Crippen LogP contribution >= 0.6 is 0 Å². The highest BCUT2D eigenvalue weighted by molar-refractivity contribution is 5.57. The van der Waals surface area contributed by atoms with Gasteiger partial charge in [-0.25, -0.2) is 4.79 Å². The van der Waals surface area contributed by atoms with Gasteiger partial charge < -0.3 is 33.5 Å². The van der Waals surface area contributed by atoms with Crippen molar-refractivity contribution in [1.29, 1.82) is 0 Å². The fourth-order valence-corrected chi connectivity index (χ4v) is 1.37. The zero-order valence-corrected chi connectivity index (χ0v) is 12.7. The summed E-state index contributed by atoms with van der Waals surface area (Å²) in [4.78, 5) is 10.5. The maximum absolute atomic E-state index is 10.5. The lowest BCUT2D eigenvalue weighted by molar-refractivity contribution is -0.0335. The van der Waals surface area contributed by atoms with Gasteiger partial charge in [-0.15, -0.1) is 0 Å². The van der Waals surface area contributed by atoms with E-state index in [1.165, 1.54) is 0 Å². The molecule has 0 saturated heterocycles. The van der Waals surface area contributed by atoms with E-state index >= 15 is 0 Å². The minimum Gasteiger partial charge on any atom is -0.450 e. The van der Waals surface area contributed by atoms with E-state index in [2.05, 4.69) is 4.74 Å². The van der Waals surface area contributed by atoms with Crippen LogP contribution in [0.4, 0.5) is 4.79 Å². The van der Waals surface area contributed by atoms with Gasteiger partial charge in [0.05, 0.1) is 46.2 Å². The van der Waals surface area contributed by atoms with Crippen LogP contribution in [0.5, 0.6) is 0 Å². The van der Waals surface area contributed by atoms with Crippen LogP contribution in [0.25, 0.3) is 0 Å². The molecule has 0 fully saturated rings. The highest BCUT2D eigenvalue weighted by Crippen LogP contribution is 2.01. The summed E-state index contributed by atoms with van der Waals surface area (Å²) < 4.78 is 30.2. The molecule has 0 aromatic heterocycles. The van der Waals surface area contributed by atoms with Gasteiger partial charge >= 0.3 is 6.16 Å². The van der Waals surface area contributed by atoms with Crippen molar-refractivity contribution >= 4 is 6.16 Å². The molecule has 0 aromatic rings. The van der Waals surface area contributed by atoms with Gasteiger partial charge in [-0.05, 0) is 0 Å². The highest BCUT2D eigenvalue weighted by atomic mass is 16.7. The number of methoxy groups -OCH3 is 2. The summed E-state index contributed by atoms with van der Waals surface area (Å²) in [6.45, 7) is 3.47. The minimum absolute atomic E-state index is 0.184. The second-order valence-electron chi connectivity index (χ2n) is 4.08. The summed E-state index contributed by atoms with van der Waals surface area (Å²) in [5.74, 6) is 0. The summed E-state index contributed by atoms with van der Waals surface area (Å²) in [5, 5.41) is 8.58. The van der Waals surface area contributed by atoms with Gasteiger partial charge in [-0.3, -0.25) is 0 Å². The minimum atomic E-state index is -1.32. The fraction of sp³-hybridized carbons (Fsp3) is 0.923. The quantitative estimate of drug-likeness (QED) is 0.350. The van der Waals surface area contributed by atoms with Crippen LogP contribution in [0.3, 0.4) is 0 Å². The highest BCUT2D eigenvalue weighted by Gasteiger charge is 2.13. The van der Waals surface area contributed by atoms with Gasteiger partial charge in [0.1, 0.15) is 6.10 Å². The summed E-state index contributed by atoms with van der Waals surface area (Å²) in [6.07, 6.45) is -1.39. The van der Waals surface area contributed by atoms with Crippen molar-refractivity contribution in [2.24, 2.45) is 0 Å². The zero-order chi connectivity index (χ0) is 15.8. The van der Waals surface area contributed by atoms with Gasteiger partial charge in [0.2, 0.25) is 0 Å². The molecule has 8 nitrogen and oxygen atoms in total. The van der Waals surface area contributed by atoms with Crippen molar-refractivity contribution in [2.75, 3.05) is 67.1 Å². The summed E-state index contributed by atoms with van der Waals surface area (Å²) in [7, 11) is 3.16. The SMILES string of the molecule is COCCOCCOCCOCC(CCOC)OC(=O)O. The van der Waals surface area contributed by atoms with Crippen molar-refractivity contribution in [1.82, 2.24) is 0 Å². The molecule has 0 heterocycles. The first kappa shape index (κ1) is 20.1. The number of rotatable bonds is 15. The van der Waals surface area contributed by atoms with Crippen LogP contribution in [0.2, 0.25) is 0 Å². The Labute approximate surface area is 125 Å². The Morgan fingerprint density at radius 3 is 1.90 bits per heavy atom. The number of hydrogen-bond acceptors (Lipinski definition) is 7. The molecular formula is C13H26O8. The molecule has 0 bridgehead atoms. The number of carbonyl (C=O) groups is 1. The van der Waals surface area contributed by atoms with Crippen LogP contribution in [-0.4, -0.2) is 84.4 Å². The van der Waals surface area contributed by atoms with E-state index in [1.54, 1.807) is 14.2 Å². The molecule has 0 spiro atoms. The average Bonchev–Trinajstić information content (AvgIpc) is 2.46. The molecule has 0 aliphatic heterocycles. The monoisotopic (exact) mass is 310 g/mol. The Morgan fingerprint density at radius 2 is 1.38 bits per heavy atom. The fourth-order valence-electron chi connectivity index (χ4n) is 1.37. The molecule has 1 unspecified atom stereocenters. The third-order valence-corrected chi connectivity index (χ3v) is 2.39. The molecule has 0 rings (SSSR count). The standard InChI is InChI=1S/C13H26O8/c1-16-4-3-12(21-13(14)15)11-20-10-9-19-8-7-18-6-5-17-2/h12H,3-11H2,1-2H3,(H,14,15). The summed E-state index contributed by atoms with van der Waals surface area (Å²) >= 11 is 0. The van der Waals surface area contributed by atoms with E-state index in [4.69, 9.17) is 28.8 Å². The van der Waals surface area contributed by atoms with Crippen LogP contribution in [0, 0.1) is 0 Å². The Kier molecular flexibility index (Phi) is 14.8. The maximum Gasteiger partial charge on any atom is 0.506 e. The van der Waals surface area contributed by atoms with Gasteiger partial charge in [0, 0.05) is 27.2 Å². The smallest absolute Gasteiger partial charge is 0.450 e. The Morgan fingerprint density at radius 1 is 0.857 bits per heavy atom. The second kappa shape index (κ2) is 15.5. The molecule has 126 valence electrons. The number of ether oxygens (including phenoxy) is 6. The summed E-state index contributed by atoms with van der Waals surface area (Å²) in [5.41, 5.74) is 0. The molecule has 0 amide bonds. The first-order valence-corrected chi connectivity index (χ1v) is 6.81. The van der Waals surface area contributed by atoms with Crippen molar-refractivity contribution in [3.63, 3.8) is 0 Å². The van der Waals surface area contributed by atoms with Gasteiger partial charge in [-0.1, -0.05) is 0 Å². The van der Waals surface area contributed by atoms with Crippen LogP contribution in [0.15, 0.2) is 0 Å². The van der Waals surface area contributed by atoms with Crippen molar-refractivity contribution in [3.05, 3.63) is 0 Å². The van der Waals surface area contributed by atoms with E-state index in [9.17, 15) is 4.79 Å². The predicted molar refractivity (Wildman–Crippen MR) is 73.7 cm³/mol. The lowest BCUT2D eigenvalue weighted by Crippen LogP contribution is -2.25. The van der Waals surface area contributed by atoms with E-state index in [-0.39, 0.29) is 6.61 Å². The largest absolute Gasteiger partial charge is 0.506 e. The van der Waals surface area contributed by atoms with E-state index in [1.807, 2.05) is 0 Å². The predicted octanol–water partition coefficient (Wildman–Crippen LogP) is 0.782. The molecule has 8 heteroatoms. The zero-order valence-electron chi connectivity index (χ0n) is 12.7. The average molecular weight is 310 g/mol. The van der Waals surface area contributed by atoms with Gasteiger partial charge in [0.25, 0.3) is 0 Å². The molecular weight excluding hydrogens is 284 g/mol. The summed E-state index contributed by atoms with van der Waals surface area (Å²) in [6, 6.07) is 0. The normalized spacial score (nSPS) is 12.3. The Bertz CT molecular complexity index is 236. The third-order valence-electron chi connectivity index (χ3n) is 2.39. The molecule has 0 saturated carbocycles. The van der Waals surface area contributed by atoms with Gasteiger partial charge in [-0.2, -0.15) is 0 Å². The van der Waals surface area contributed by atoms with Crippen LogP contribution in [0.1, 0.15) is 6.42 Å². The molecule has 1 atom stereocenters. The molecule has 1 N–H and O–H groups in total. The van der Waals surface area contributed by atoms with Crippen LogP contribution < -0.4 is 0 Å². The number of hydrogen-bond donors (Lipinski definition) is 1. The lowest BCUT2D eigenvalue weighted by Gasteiger charge is -2.15.